The molecule has 30 heavy (non-hydrogen) atoms. The molecular formula is C22H26F3NO4. The van der Waals surface area contributed by atoms with Crippen molar-refractivity contribution in [1.29, 1.82) is 0 Å². The number of unbranched alkanes of at least 4 members (excludes halogenated alkanes) is 1. The van der Waals surface area contributed by atoms with Gasteiger partial charge in [-0.3, -0.25) is 4.79 Å². The van der Waals surface area contributed by atoms with Crippen LogP contribution in [0.1, 0.15) is 30.9 Å². The SMILES string of the molecule is CCCCOc1ccc(CN(CCc2ccc(O)cc2)C(=O)C(F)(F)F)cc1OC. The van der Waals surface area contributed by atoms with Gasteiger partial charge in [-0.05, 0) is 48.2 Å². The molecule has 0 aliphatic heterocycles. The summed E-state index contributed by atoms with van der Waals surface area (Å²) in [4.78, 5) is 12.7. The summed E-state index contributed by atoms with van der Waals surface area (Å²) in [7, 11) is 1.45. The molecule has 0 saturated carbocycles. The third-order valence-corrected chi connectivity index (χ3v) is 4.49. The largest absolute Gasteiger partial charge is 0.508 e. The summed E-state index contributed by atoms with van der Waals surface area (Å²) < 4.78 is 50.2. The zero-order valence-electron chi connectivity index (χ0n) is 17.0. The number of amides is 1. The van der Waals surface area contributed by atoms with Crippen LogP contribution < -0.4 is 9.47 Å². The number of carbonyl (C=O) groups is 1. The van der Waals surface area contributed by atoms with Crippen LogP contribution in [0.2, 0.25) is 0 Å². The average molecular weight is 425 g/mol. The number of aromatic hydroxyl groups is 1. The molecule has 0 atom stereocenters. The molecule has 1 amide bonds. The molecule has 0 heterocycles. The Bertz CT molecular complexity index is 822. The lowest BCUT2D eigenvalue weighted by Crippen LogP contribution is -2.41. The fourth-order valence-electron chi connectivity index (χ4n) is 2.83. The van der Waals surface area contributed by atoms with E-state index in [2.05, 4.69) is 0 Å². The summed E-state index contributed by atoms with van der Waals surface area (Å²) in [6.07, 6.45) is -2.91. The van der Waals surface area contributed by atoms with Gasteiger partial charge in [-0.15, -0.1) is 0 Å². The molecule has 0 spiro atoms. The average Bonchev–Trinajstić information content (AvgIpc) is 2.72. The van der Waals surface area contributed by atoms with Gasteiger partial charge in [-0.2, -0.15) is 13.2 Å². The number of nitrogens with zero attached hydrogens (tertiary/aromatic N) is 1. The molecule has 8 heteroatoms. The highest BCUT2D eigenvalue weighted by atomic mass is 19.4. The second kappa shape index (κ2) is 10.8. The van der Waals surface area contributed by atoms with Crippen molar-refractivity contribution in [1.82, 2.24) is 4.90 Å². The van der Waals surface area contributed by atoms with Crippen molar-refractivity contribution in [3.8, 4) is 17.2 Å². The molecule has 164 valence electrons. The van der Waals surface area contributed by atoms with Crippen LogP contribution >= 0.6 is 0 Å². The molecule has 2 rings (SSSR count). The molecule has 0 aromatic heterocycles. The first kappa shape index (κ1) is 23.4. The molecule has 5 nitrogen and oxygen atoms in total. The summed E-state index contributed by atoms with van der Waals surface area (Å²) in [5.74, 6) is -0.923. The first-order valence-corrected chi connectivity index (χ1v) is 9.68. The van der Waals surface area contributed by atoms with Crippen LogP contribution in [0.3, 0.4) is 0 Å². The molecule has 2 aromatic rings. The second-order valence-electron chi connectivity index (χ2n) is 6.83. The molecular weight excluding hydrogens is 399 g/mol. The Labute approximate surface area is 174 Å². The van der Waals surface area contributed by atoms with Gasteiger partial charge in [0, 0.05) is 13.1 Å². The van der Waals surface area contributed by atoms with E-state index in [-0.39, 0.29) is 25.3 Å². The van der Waals surface area contributed by atoms with Crippen LogP contribution in [0.4, 0.5) is 13.2 Å². The van der Waals surface area contributed by atoms with Crippen molar-refractivity contribution in [2.45, 2.75) is 38.9 Å². The minimum absolute atomic E-state index is 0.0651. The quantitative estimate of drug-likeness (QED) is 0.560. The standard InChI is InChI=1S/C22H26F3NO4/c1-3-4-13-30-19-10-7-17(14-20(19)29-2)15-26(21(28)22(23,24)25)12-11-16-5-8-18(27)9-6-16/h5-10,14,27H,3-4,11-13,15H2,1-2H3. The first-order chi connectivity index (χ1) is 14.2. The minimum Gasteiger partial charge on any atom is -0.508 e. The molecule has 0 unspecified atom stereocenters. The Morgan fingerprint density at radius 1 is 1.07 bits per heavy atom. The normalized spacial score (nSPS) is 11.2. The highest BCUT2D eigenvalue weighted by Crippen LogP contribution is 2.29. The predicted octanol–water partition coefficient (Wildman–Crippen LogP) is 4.71. The molecule has 0 fully saturated rings. The summed E-state index contributed by atoms with van der Waals surface area (Å²) in [5.41, 5.74) is 1.21. The van der Waals surface area contributed by atoms with E-state index in [0.29, 0.717) is 29.2 Å². The van der Waals surface area contributed by atoms with Crippen molar-refractivity contribution in [2.75, 3.05) is 20.3 Å². The van der Waals surface area contributed by atoms with Crippen molar-refractivity contribution < 1.29 is 32.5 Å². The lowest BCUT2D eigenvalue weighted by Gasteiger charge is -2.24. The highest BCUT2D eigenvalue weighted by molar-refractivity contribution is 5.81. The summed E-state index contributed by atoms with van der Waals surface area (Å²) in [5, 5.41) is 9.33. The molecule has 1 N–H and O–H groups in total. The monoisotopic (exact) mass is 425 g/mol. The Morgan fingerprint density at radius 2 is 1.73 bits per heavy atom. The molecule has 0 aliphatic rings. The van der Waals surface area contributed by atoms with Crippen molar-refractivity contribution >= 4 is 5.91 Å². The Kier molecular flexibility index (Phi) is 8.38. The lowest BCUT2D eigenvalue weighted by atomic mass is 10.1. The molecule has 2 aromatic carbocycles. The van der Waals surface area contributed by atoms with Gasteiger partial charge < -0.3 is 19.5 Å². The third-order valence-electron chi connectivity index (χ3n) is 4.49. The Morgan fingerprint density at radius 3 is 2.33 bits per heavy atom. The number of benzene rings is 2. The van der Waals surface area contributed by atoms with Gasteiger partial charge >= 0.3 is 12.1 Å². The van der Waals surface area contributed by atoms with E-state index in [1.807, 2.05) is 6.92 Å². The fourth-order valence-corrected chi connectivity index (χ4v) is 2.83. The van der Waals surface area contributed by atoms with Crippen LogP contribution in [0.15, 0.2) is 42.5 Å². The molecule has 0 saturated heterocycles. The Balaban J connectivity index is 2.15. The van der Waals surface area contributed by atoms with E-state index in [9.17, 15) is 23.1 Å². The number of phenolic OH excluding ortho intramolecular Hbond substituents is 1. The maximum Gasteiger partial charge on any atom is 0.471 e. The second-order valence-corrected chi connectivity index (χ2v) is 6.83. The molecule has 0 aliphatic carbocycles. The van der Waals surface area contributed by atoms with E-state index in [4.69, 9.17) is 9.47 Å². The van der Waals surface area contributed by atoms with Gasteiger partial charge in [0.25, 0.3) is 0 Å². The van der Waals surface area contributed by atoms with Crippen molar-refractivity contribution in [3.63, 3.8) is 0 Å². The molecule has 0 radical (unpaired) electrons. The fraction of sp³-hybridized carbons (Fsp3) is 0.409. The van der Waals surface area contributed by atoms with Crippen LogP contribution in [-0.2, 0) is 17.8 Å². The number of rotatable bonds is 10. The third kappa shape index (κ3) is 6.86. The van der Waals surface area contributed by atoms with Gasteiger partial charge in [0.15, 0.2) is 11.5 Å². The van der Waals surface area contributed by atoms with Crippen LogP contribution in [0, 0.1) is 0 Å². The predicted molar refractivity (Wildman–Crippen MR) is 107 cm³/mol. The van der Waals surface area contributed by atoms with Crippen LogP contribution in [0.5, 0.6) is 17.2 Å². The van der Waals surface area contributed by atoms with Crippen LogP contribution in [0.25, 0.3) is 0 Å². The lowest BCUT2D eigenvalue weighted by molar-refractivity contribution is -0.186. The van der Waals surface area contributed by atoms with E-state index in [0.717, 1.165) is 17.7 Å². The number of alkyl halides is 3. The maximum atomic E-state index is 13.1. The van der Waals surface area contributed by atoms with E-state index >= 15 is 0 Å². The van der Waals surface area contributed by atoms with E-state index in [1.165, 1.54) is 19.2 Å². The van der Waals surface area contributed by atoms with Crippen molar-refractivity contribution in [2.24, 2.45) is 0 Å². The van der Waals surface area contributed by atoms with Crippen LogP contribution in [-0.4, -0.2) is 42.4 Å². The summed E-state index contributed by atoms with van der Waals surface area (Å²) in [6, 6.07) is 11.0. The number of carbonyl (C=O) groups excluding carboxylic acids is 1. The zero-order chi connectivity index (χ0) is 22.1. The number of hydrogen-bond acceptors (Lipinski definition) is 4. The number of halogens is 3. The van der Waals surface area contributed by atoms with Gasteiger partial charge in [0.05, 0.1) is 13.7 Å². The summed E-state index contributed by atoms with van der Waals surface area (Å²) >= 11 is 0. The smallest absolute Gasteiger partial charge is 0.471 e. The molecule has 0 bridgehead atoms. The van der Waals surface area contributed by atoms with E-state index < -0.39 is 12.1 Å². The number of phenols is 1. The van der Waals surface area contributed by atoms with Gasteiger partial charge in [0.2, 0.25) is 0 Å². The first-order valence-electron chi connectivity index (χ1n) is 9.68. The van der Waals surface area contributed by atoms with Gasteiger partial charge in [0.1, 0.15) is 5.75 Å². The zero-order valence-corrected chi connectivity index (χ0v) is 17.0. The van der Waals surface area contributed by atoms with Gasteiger partial charge in [-0.25, -0.2) is 0 Å². The number of ether oxygens (including phenoxy) is 2. The topological polar surface area (TPSA) is 59.0 Å². The highest BCUT2D eigenvalue weighted by Gasteiger charge is 2.42. The van der Waals surface area contributed by atoms with Gasteiger partial charge in [-0.1, -0.05) is 31.5 Å². The van der Waals surface area contributed by atoms with Crippen molar-refractivity contribution in [3.05, 3.63) is 53.6 Å². The number of hydrogen-bond donors (Lipinski definition) is 1. The summed E-state index contributed by atoms with van der Waals surface area (Å²) in [6.45, 7) is 2.20. The minimum atomic E-state index is -4.97. The van der Waals surface area contributed by atoms with E-state index in [1.54, 1.807) is 30.3 Å². The Hall–Kier alpha value is -2.90. The number of methoxy groups -OCH3 is 1. The maximum absolute atomic E-state index is 13.1.